The summed E-state index contributed by atoms with van der Waals surface area (Å²) in [5.74, 6) is -3.73. The average molecular weight is 573 g/mol. The number of carbonyl (C=O) groups is 4. The summed E-state index contributed by atoms with van der Waals surface area (Å²) in [4.78, 5) is 51.7. The molecule has 10 atom stereocenters. The lowest BCUT2D eigenvalue weighted by atomic mass is 9.40. The van der Waals surface area contributed by atoms with Crippen molar-refractivity contribution in [3.63, 3.8) is 0 Å². The number of aliphatic hydroxyl groups is 3. The zero-order valence-electron chi connectivity index (χ0n) is 25.2. The van der Waals surface area contributed by atoms with E-state index in [1.54, 1.807) is 0 Å². The Hall–Kier alpha value is -1.90. The molecule has 3 fully saturated rings. The Labute approximate surface area is 243 Å². The fourth-order valence-electron chi connectivity index (χ4n) is 10.7. The summed E-state index contributed by atoms with van der Waals surface area (Å²) in [5, 5.41) is 43.9. The van der Waals surface area contributed by atoms with E-state index in [2.05, 4.69) is 0 Å². The molecular formula is C33H48O8. The molecule has 5 rings (SSSR count). The van der Waals surface area contributed by atoms with Gasteiger partial charge in [0, 0.05) is 34.7 Å². The molecule has 2 spiro atoms. The number of ketones is 3. The fraction of sp³-hybridized carbons (Fsp3) is 0.818. The summed E-state index contributed by atoms with van der Waals surface area (Å²) in [7, 11) is 0. The van der Waals surface area contributed by atoms with Crippen LogP contribution in [0.4, 0.5) is 0 Å². The third-order valence-corrected chi connectivity index (χ3v) is 13.0. The molecule has 0 aromatic rings. The van der Waals surface area contributed by atoms with Gasteiger partial charge in [-0.2, -0.15) is 0 Å². The zero-order valence-corrected chi connectivity index (χ0v) is 25.2. The van der Waals surface area contributed by atoms with E-state index < -0.39 is 57.6 Å². The van der Waals surface area contributed by atoms with Crippen molar-refractivity contribution in [2.24, 2.45) is 45.3 Å². The smallest absolute Gasteiger partial charge is 0.313 e. The fourth-order valence-corrected chi connectivity index (χ4v) is 10.7. The molecule has 0 unspecified atom stereocenters. The van der Waals surface area contributed by atoms with E-state index in [-0.39, 0.29) is 42.2 Å². The molecule has 2 bridgehead atoms. The first-order chi connectivity index (χ1) is 19.1. The number of rotatable bonds is 6. The van der Waals surface area contributed by atoms with E-state index in [4.69, 9.17) is 0 Å². The van der Waals surface area contributed by atoms with Crippen LogP contribution in [0.5, 0.6) is 0 Å². The third kappa shape index (κ3) is 4.10. The Balaban J connectivity index is 1.62. The first-order valence-corrected chi connectivity index (χ1v) is 15.7. The van der Waals surface area contributed by atoms with Crippen molar-refractivity contribution < 1.29 is 39.6 Å². The number of aliphatic hydroxyl groups excluding tert-OH is 3. The van der Waals surface area contributed by atoms with Gasteiger partial charge in [0.25, 0.3) is 0 Å². The topological polar surface area (TPSA) is 149 Å². The first kappa shape index (κ1) is 30.6. The van der Waals surface area contributed by atoms with Crippen LogP contribution in [0.25, 0.3) is 0 Å². The number of hydrogen-bond donors (Lipinski definition) is 4. The maximum Gasteiger partial charge on any atom is 0.313 e. The van der Waals surface area contributed by atoms with Crippen LogP contribution in [0.1, 0.15) is 105 Å². The van der Waals surface area contributed by atoms with Gasteiger partial charge in [0.1, 0.15) is 17.8 Å². The minimum absolute atomic E-state index is 0.0238. The number of hydrogen-bond acceptors (Lipinski definition) is 7. The lowest BCUT2D eigenvalue weighted by Gasteiger charge is -2.63. The molecule has 41 heavy (non-hydrogen) atoms. The van der Waals surface area contributed by atoms with Gasteiger partial charge in [-0.15, -0.1) is 0 Å². The first-order valence-electron chi connectivity index (χ1n) is 15.7. The number of Topliss-reactive ketones (excluding diaryl/α,β-unsaturated/α-hetero) is 3. The van der Waals surface area contributed by atoms with Gasteiger partial charge < -0.3 is 20.4 Å². The normalized spacial score (nSPS) is 42.2. The second-order valence-corrected chi connectivity index (χ2v) is 15.0. The predicted octanol–water partition coefficient (Wildman–Crippen LogP) is 4.03. The van der Waals surface area contributed by atoms with Crippen molar-refractivity contribution in [1.82, 2.24) is 0 Å². The molecule has 0 aromatic heterocycles. The van der Waals surface area contributed by atoms with Gasteiger partial charge in [0.2, 0.25) is 0 Å². The summed E-state index contributed by atoms with van der Waals surface area (Å²) in [6.07, 6.45) is 3.13. The van der Waals surface area contributed by atoms with Crippen LogP contribution in [-0.4, -0.2) is 62.1 Å². The van der Waals surface area contributed by atoms with E-state index >= 15 is 0 Å². The highest BCUT2D eigenvalue weighted by Gasteiger charge is 2.72. The number of aliphatic carboxylic acids is 1. The Morgan fingerprint density at radius 2 is 1.63 bits per heavy atom. The molecular weight excluding hydrogens is 524 g/mol. The molecule has 3 saturated carbocycles. The molecule has 0 amide bonds. The highest BCUT2D eigenvalue weighted by Crippen LogP contribution is 2.74. The lowest BCUT2D eigenvalue weighted by Crippen LogP contribution is -2.62. The highest BCUT2D eigenvalue weighted by molar-refractivity contribution is 6.01. The minimum atomic E-state index is -1.45. The molecule has 0 heterocycles. The van der Waals surface area contributed by atoms with Gasteiger partial charge in [-0.05, 0) is 74.2 Å². The second kappa shape index (κ2) is 10.1. The second-order valence-electron chi connectivity index (χ2n) is 15.0. The molecule has 0 aliphatic heterocycles. The van der Waals surface area contributed by atoms with E-state index in [9.17, 15) is 39.6 Å². The Morgan fingerprint density at radius 3 is 2.29 bits per heavy atom. The molecule has 0 saturated heterocycles. The summed E-state index contributed by atoms with van der Waals surface area (Å²) < 4.78 is 0. The van der Waals surface area contributed by atoms with Crippen molar-refractivity contribution in [2.45, 2.75) is 124 Å². The molecule has 5 aliphatic carbocycles. The number of fused-ring (bicyclic) bond motifs is 2. The molecule has 8 nitrogen and oxygen atoms in total. The Kier molecular flexibility index (Phi) is 7.52. The van der Waals surface area contributed by atoms with Crippen LogP contribution in [0.2, 0.25) is 0 Å². The van der Waals surface area contributed by atoms with Crippen molar-refractivity contribution in [3.8, 4) is 0 Å². The van der Waals surface area contributed by atoms with E-state index in [0.717, 1.165) is 25.7 Å². The maximum atomic E-state index is 14.5. The largest absolute Gasteiger partial charge is 0.481 e. The summed E-state index contributed by atoms with van der Waals surface area (Å²) in [6, 6.07) is 0. The predicted molar refractivity (Wildman–Crippen MR) is 151 cm³/mol. The quantitative estimate of drug-likeness (QED) is 0.349. The van der Waals surface area contributed by atoms with E-state index in [1.165, 1.54) is 6.92 Å². The molecule has 0 aromatic carbocycles. The maximum absolute atomic E-state index is 14.5. The van der Waals surface area contributed by atoms with Crippen LogP contribution in [0.3, 0.4) is 0 Å². The van der Waals surface area contributed by atoms with Gasteiger partial charge in [0.15, 0.2) is 11.6 Å². The van der Waals surface area contributed by atoms with Crippen LogP contribution in [0, 0.1) is 45.3 Å². The van der Waals surface area contributed by atoms with E-state index in [1.807, 2.05) is 27.7 Å². The summed E-state index contributed by atoms with van der Waals surface area (Å²) >= 11 is 0. The average Bonchev–Trinajstić information content (AvgIpc) is 3.13. The van der Waals surface area contributed by atoms with Gasteiger partial charge in [0.05, 0.1) is 12.2 Å². The van der Waals surface area contributed by atoms with Gasteiger partial charge >= 0.3 is 5.97 Å². The van der Waals surface area contributed by atoms with Gasteiger partial charge in [-0.1, -0.05) is 47.0 Å². The van der Waals surface area contributed by atoms with Crippen LogP contribution in [-0.2, 0) is 19.2 Å². The minimum Gasteiger partial charge on any atom is -0.481 e. The van der Waals surface area contributed by atoms with Crippen LogP contribution < -0.4 is 0 Å². The molecule has 5 aliphatic rings. The molecule has 4 N–H and O–H groups in total. The van der Waals surface area contributed by atoms with Crippen LogP contribution >= 0.6 is 0 Å². The molecule has 8 heteroatoms. The standard InChI is InChI=1S/C33H48O8/c1-17(13-21(35)28(39)18(2)29(40)41)19-14-25(38)31(5)26-20(34)15-23-30(3,4)24(37)9-12-32(23)10-7-6-8-11-33(19,31)16-22(36)27(26)32/h17-21,23,25,34-35,38H,6-16H2,1-5H3,(H,40,41)/t17-,18-,19-,20-,21+,23-,25+,31+,32+,33-/m1/s1. The number of carbonyl (C=O) groups excluding carboxylic acids is 3. The van der Waals surface area contributed by atoms with Crippen molar-refractivity contribution in [3.05, 3.63) is 11.1 Å². The SMILES string of the molecule is C[C@@H](C(=O)O)C(=O)[C@@H](O)C[C@@H](C)[C@H]1C[C@H](O)[C@@]2(C)C3=C4C(=O)C[C@]12CCCCC[C@@]41CCC(=O)C(C)(C)[C@H]1C[C@H]3O. The van der Waals surface area contributed by atoms with Crippen LogP contribution in [0.15, 0.2) is 11.1 Å². The summed E-state index contributed by atoms with van der Waals surface area (Å²) in [5.41, 5.74) is -1.28. The Bertz CT molecular complexity index is 1190. The number of allylic oxidation sites excluding steroid dienone is 1. The summed E-state index contributed by atoms with van der Waals surface area (Å²) in [6.45, 7) is 9.17. The van der Waals surface area contributed by atoms with Crippen molar-refractivity contribution in [1.29, 1.82) is 0 Å². The van der Waals surface area contributed by atoms with Crippen molar-refractivity contribution in [2.75, 3.05) is 0 Å². The monoisotopic (exact) mass is 572 g/mol. The van der Waals surface area contributed by atoms with Gasteiger partial charge in [-0.25, -0.2) is 0 Å². The number of carboxylic acids is 1. The highest BCUT2D eigenvalue weighted by atomic mass is 16.4. The van der Waals surface area contributed by atoms with E-state index in [0.29, 0.717) is 43.3 Å². The molecule has 0 radical (unpaired) electrons. The third-order valence-electron chi connectivity index (χ3n) is 13.0. The lowest BCUT2D eigenvalue weighted by molar-refractivity contribution is -0.150. The Morgan fingerprint density at radius 1 is 0.976 bits per heavy atom. The van der Waals surface area contributed by atoms with Gasteiger partial charge in [-0.3, -0.25) is 19.2 Å². The molecule has 228 valence electrons. The number of carboxylic acid groups (broad SMARTS) is 1. The zero-order chi connectivity index (χ0) is 30.3. The van der Waals surface area contributed by atoms with Crippen molar-refractivity contribution >= 4 is 23.3 Å².